The Morgan fingerprint density at radius 1 is 0.850 bits per heavy atom. The van der Waals surface area contributed by atoms with Crippen LogP contribution in [0.5, 0.6) is 0 Å². The van der Waals surface area contributed by atoms with E-state index >= 15 is 0 Å². The maximum atomic E-state index is 12.5. The zero-order chi connectivity index (χ0) is 14.7. The molecule has 20 heavy (non-hydrogen) atoms. The Morgan fingerprint density at radius 2 is 1.30 bits per heavy atom. The summed E-state index contributed by atoms with van der Waals surface area (Å²) in [5.41, 5.74) is 4.19. The van der Waals surface area contributed by atoms with Crippen LogP contribution in [0.4, 0.5) is 0 Å². The molecule has 0 bridgehead atoms. The van der Waals surface area contributed by atoms with Crippen LogP contribution < -0.4 is 0 Å². The minimum atomic E-state index is -0.284. The van der Waals surface area contributed by atoms with Crippen molar-refractivity contribution in [3.63, 3.8) is 0 Å². The summed E-state index contributed by atoms with van der Waals surface area (Å²) in [6, 6.07) is 15.9. The zero-order valence-electron chi connectivity index (χ0n) is 11.4. The second kappa shape index (κ2) is 6.68. The maximum Gasteiger partial charge on any atom is 0.177 e. The molecule has 2 unspecified atom stereocenters. The van der Waals surface area contributed by atoms with Gasteiger partial charge in [0.2, 0.25) is 0 Å². The first-order valence-electron chi connectivity index (χ1n) is 6.44. The molecule has 0 aliphatic rings. The summed E-state index contributed by atoms with van der Waals surface area (Å²) in [5, 5.41) is 0. The summed E-state index contributed by atoms with van der Waals surface area (Å²) in [7, 11) is 0. The largest absolute Gasteiger partial charge is 0.293 e. The van der Waals surface area contributed by atoms with E-state index in [1.165, 1.54) is 5.56 Å². The van der Waals surface area contributed by atoms with Crippen molar-refractivity contribution in [1.82, 2.24) is 0 Å². The van der Waals surface area contributed by atoms with Crippen LogP contribution in [-0.2, 0) is 0 Å². The topological polar surface area (TPSA) is 17.1 Å². The lowest BCUT2D eigenvalue weighted by Crippen LogP contribution is -2.19. The first-order chi connectivity index (χ1) is 9.49. The fraction of sp³-hybridized carbons (Fsp3) is 0.235. The van der Waals surface area contributed by atoms with Gasteiger partial charge in [0.05, 0.1) is 9.65 Å². The number of aryl methyl sites for hydroxylation is 2. The van der Waals surface area contributed by atoms with Gasteiger partial charge in [0.25, 0.3) is 0 Å². The van der Waals surface area contributed by atoms with Gasteiger partial charge in [-0.05, 0) is 19.4 Å². The highest BCUT2D eigenvalue weighted by atomic mass is 79.9. The van der Waals surface area contributed by atoms with Crippen LogP contribution in [0.3, 0.4) is 0 Å². The fourth-order valence-electron chi connectivity index (χ4n) is 1.93. The van der Waals surface area contributed by atoms with Crippen molar-refractivity contribution >= 4 is 37.6 Å². The average molecular weight is 396 g/mol. The Hall–Kier alpha value is -0.930. The summed E-state index contributed by atoms with van der Waals surface area (Å²) >= 11 is 7.14. The van der Waals surface area contributed by atoms with Crippen molar-refractivity contribution in [2.24, 2.45) is 0 Å². The molecule has 104 valence electrons. The first-order valence-corrected chi connectivity index (χ1v) is 8.28. The van der Waals surface area contributed by atoms with Crippen molar-refractivity contribution in [2.75, 3.05) is 0 Å². The molecule has 1 nitrogen and oxygen atoms in total. The maximum absolute atomic E-state index is 12.5. The van der Waals surface area contributed by atoms with E-state index in [2.05, 4.69) is 50.9 Å². The predicted octanol–water partition coefficient (Wildman–Crippen LogP) is 5.39. The van der Waals surface area contributed by atoms with Gasteiger partial charge in [-0.3, -0.25) is 4.79 Å². The zero-order valence-corrected chi connectivity index (χ0v) is 14.6. The highest BCUT2D eigenvalue weighted by molar-refractivity contribution is 9.12. The number of carbonyl (C=O) groups excluding carboxylic acids is 1. The molecule has 2 atom stereocenters. The number of ketones is 1. The quantitative estimate of drug-likeness (QED) is 0.501. The van der Waals surface area contributed by atoms with Gasteiger partial charge in [-0.15, -0.1) is 0 Å². The van der Waals surface area contributed by atoms with E-state index in [4.69, 9.17) is 0 Å². The number of hydrogen-bond acceptors (Lipinski definition) is 1. The van der Waals surface area contributed by atoms with Gasteiger partial charge in [0.15, 0.2) is 5.78 Å². The van der Waals surface area contributed by atoms with E-state index in [9.17, 15) is 4.79 Å². The molecule has 2 aromatic carbocycles. The van der Waals surface area contributed by atoms with Gasteiger partial charge in [-0.2, -0.15) is 0 Å². The third kappa shape index (κ3) is 3.58. The molecule has 3 heteroatoms. The number of halogens is 2. The smallest absolute Gasteiger partial charge is 0.177 e. The molecule has 0 saturated carbocycles. The van der Waals surface area contributed by atoms with Crippen LogP contribution in [0, 0.1) is 13.8 Å². The lowest BCUT2D eigenvalue weighted by molar-refractivity contribution is 0.0991. The number of hydrogen-bond donors (Lipinski definition) is 0. The highest BCUT2D eigenvalue weighted by Gasteiger charge is 2.25. The molecular formula is C17H16Br2O. The van der Waals surface area contributed by atoms with Gasteiger partial charge in [0.1, 0.15) is 0 Å². The number of rotatable bonds is 4. The third-order valence-corrected chi connectivity index (χ3v) is 5.95. The molecule has 0 N–H and O–H groups in total. The summed E-state index contributed by atoms with van der Waals surface area (Å²) in [6.45, 7) is 4.07. The fourth-order valence-corrected chi connectivity index (χ4v) is 3.04. The molecule has 2 aromatic rings. The third-order valence-electron chi connectivity index (χ3n) is 3.24. The van der Waals surface area contributed by atoms with E-state index in [0.29, 0.717) is 0 Å². The van der Waals surface area contributed by atoms with Crippen molar-refractivity contribution in [1.29, 1.82) is 0 Å². The van der Waals surface area contributed by atoms with Crippen LogP contribution in [-0.4, -0.2) is 10.6 Å². The second-order valence-corrected chi connectivity index (χ2v) is 6.92. The van der Waals surface area contributed by atoms with E-state index in [1.54, 1.807) is 0 Å². The van der Waals surface area contributed by atoms with Crippen molar-refractivity contribution in [3.8, 4) is 0 Å². The van der Waals surface area contributed by atoms with Crippen molar-refractivity contribution in [3.05, 3.63) is 70.8 Å². The Bertz CT molecular complexity index is 587. The molecule has 0 aliphatic heterocycles. The van der Waals surface area contributed by atoms with Gasteiger partial charge in [-0.1, -0.05) is 91.5 Å². The van der Waals surface area contributed by atoms with Gasteiger partial charge in [0, 0.05) is 5.56 Å². The van der Waals surface area contributed by atoms with E-state index in [-0.39, 0.29) is 15.4 Å². The van der Waals surface area contributed by atoms with Crippen LogP contribution in [0.2, 0.25) is 0 Å². The molecular weight excluding hydrogens is 380 g/mol. The first kappa shape index (κ1) is 15.5. The van der Waals surface area contributed by atoms with Crippen LogP contribution in [0.25, 0.3) is 0 Å². The predicted molar refractivity (Wildman–Crippen MR) is 91.1 cm³/mol. The summed E-state index contributed by atoms with van der Waals surface area (Å²) in [4.78, 5) is 12.1. The van der Waals surface area contributed by atoms with E-state index in [0.717, 1.165) is 16.7 Å². The average Bonchev–Trinajstić information content (AvgIpc) is 2.46. The number of benzene rings is 2. The second-order valence-electron chi connectivity index (χ2n) is 4.94. The van der Waals surface area contributed by atoms with E-state index in [1.807, 2.05) is 43.3 Å². The highest BCUT2D eigenvalue weighted by Crippen LogP contribution is 2.33. The minimum Gasteiger partial charge on any atom is -0.293 e. The summed E-state index contributed by atoms with van der Waals surface area (Å²) in [5.74, 6) is 0.0902. The number of Topliss-reactive ketones (excluding diaryl/α,β-unsaturated/α-hetero) is 1. The Balaban J connectivity index is 2.17. The summed E-state index contributed by atoms with van der Waals surface area (Å²) in [6.07, 6.45) is 0. The Labute approximate surface area is 136 Å². The molecule has 2 rings (SSSR count). The number of alkyl halides is 2. The van der Waals surface area contributed by atoms with Crippen LogP contribution in [0.15, 0.2) is 48.5 Å². The molecule has 0 aliphatic carbocycles. The molecule has 0 saturated heterocycles. The number of carbonyl (C=O) groups is 1. The molecule has 0 radical (unpaired) electrons. The van der Waals surface area contributed by atoms with Gasteiger partial charge in [-0.25, -0.2) is 0 Å². The van der Waals surface area contributed by atoms with Crippen molar-refractivity contribution in [2.45, 2.75) is 23.5 Å². The molecule has 0 heterocycles. The van der Waals surface area contributed by atoms with Crippen molar-refractivity contribution < 1.29 is 4.79 Å². The monoisotopic (exact) mass is 394 g/mol. The molecule has 0 amide bonds. The Kier molecular flexibility index (Phi) is 5.17. The minimum absolute atomic E-state index is 0.0445. The van der Waals surface area contributed by atoms with Gasteiger partial charge >= 0.3 is 0 Å². The van der Waals surface area contributed by atoms with Crippen LogP contribution in [0.1, 0.15) is 31.9 Å². The van der Waals surface area contributed by atoms with Gasteiger partial charge < -0.3 is 0 Å². The Morgan fingerprint density at radius 3 is 1.80 bits per heavy atom. The molecule has 0 aromatic heterocycles. The molecule has 0 spiro atoms. The standard InChI is InChI=1S/C17H16Br2O/c1-11-3-7-13(8-4-11)15(18)16(19)17(20)14-9-5-12(2)6-10-14/h3-10,15-16H,1-2H3. The van der Waals surface area contributed by atoms with E-state index < -0.39 is 0 Å². The molecule has 0 fully saturated rings. The normalized spacial score (nSPS) is 13.8. The summed E-state index contributed by atoms with van der Waals surface area (Å²) < 4.78 is 0. The van der Waals surface area contributed by atoms with Crippen LogP contribution >= 0.6 is 31.9 Å². The lowest BCUT2D eigenvalue weighted by atomic mass is 10.0. The SMILES string of the molecule is Cc1ccc(C(=O)C(Br)C(Br)c2ccc(C)cc2)cc1. The lowest BCUT2D eigenvalue weighted by Gasteiger charge is -2.16.